The van der Waals surface area contributed by atoms with Crippen molar-refractivity contribution in [2.45, 2.75) is 31.8 Å². The van der Waals surface area contributed by atoms with E-state index in [1.807, 2.05) is 0 Å². The summed E-state index contributed by atoms with van der Waals surface area (Å²) in [5.74, 6) is -0.220. The first kappa shape index (κ1) is 15.6. The Labute approximate surface area is 124 Å². The zero-order valence-electron chi connectivity index (χ0n) is 10.8. The second kappa shape index (κ2) is 6.32. The number of piperidine rings is 1. The number of benzene rings is 1. The first-order valence-corrected chi connectivity index (χ1v) is 7.15. The van der Waals surface area contributed by atoms with Crippen molar-refractivity contribution in [2.75, 3.05) is 13.1 Å². The van der Waals surface area contributed by atoms with E-state index in [1.165, 1.54) is 6.07 Å². The van der Waals surface area contributed by atoms with Gasteiger partial charge in [0, 0.05) is 12.6 Å². The number of nitrogens with zero attached hydrogens (tertiary/aromatic N) is 1. The molecule has 0 bridgehead atoms. The van der Waals surface area contributed by atoms with Crippen LogP contribution >= 0.6 is 15.9 Å². The van der Waals surface area contributed by atoms with Crippen molar-refractivity contribution in [1.82, 2.24) is 4.90 Å². The molecular formula is C13H16BrF3N2O. The van der Waals surface area contributed by atoms with Crippen LogP contribution in [0.4, 0.5) is 13.2 Å². The number of rotatable bonds is 3. The summed E-state index contributed by atoms with van der Waals surface area (Å²) in [6.45, 7) is 2.54. The fraction of sp³-hybridized carbons (Fsp3) is 0.538. The molecule has 1 saturated heterocycles. The van der Waals surface area contributed by atoms with Crippen molar-refractivity contribution in [3.63, 3.8) is 0 Å². The molecule has 3 nitrogen and oxygen atoms in total. The molecule has 1 fully saturated rings. The van der Waals surface area contributed by atoms with Gasteiger partial charge in [-0.2, -0.15) is 0 Å². The third kappa shape index (κ3) is 4.64. The number of alkyl halides is 3. The lowest BCUT2D eigenvalue weighted by Gasteiger charge is -2.30. The van der Waals surface area contributed by atoms with Crippen molar-refractivity contribution in [3.05, 3.63) is 28.2 Å². The molecule has 0 radical (unpaired) electrons. The van der Waals surface area contributed by atoms with Gasteiger partial charge < -0.3 is 10.5 Å². The van der Waals surface area contributed by atoms with Crippen LogP contribution in [0.25, 0.3) is 0 Å². The van der Waals surface area contributed by atoms with Crippen molar-refractivity contribution < 1.29 is 17.9 Å². The fourth-order valence-corrected chi connectivity index (χ4v) is 2.73. The summed E-state index contributed by atoms with van der Waals surface area (Å²) in [5.41, 5.74) is 6.78. The normalized spacial score (nSPS) is 18.2. The molecule has 0 aromatic heterocycles. The van der Waals surface area contributed by atoms with E-state index in [1.54, 1.807) is 12.1 Å². The van der Waals surface area contributed by atoms with Gasteiger partial charge in [0.1, 0.15) is 5.75 Å². The first-order valence-electron chi connectivity index (χ1n) is 6.35. The Morgan fingerprint density at radius 3 is 2.50 bits per heavy atom. The Bertz CT molecular complexity index is 459. The average Bonchev–Trinajstić information content (AvgIpc) is 2.34. The molecule has 1 heterocycles. The molecule has 112 valence electrons. The molecule has 1 aromatic rings. The van der Waals surface area contributed by atoms with Gasteiger partial charge >= 0.3 is 6.36 Å². The summed E-state index contributed by atoms with van der Waals surface area (Å²) in [6, 6.07) is 4.92. The first-order chi connectivity index (χ1) is 9.33. The minimum Gasteiger partial charge on any atom is -0.405 e. The molecule has 20 heavy (non-hydrogen) atoms. The lowest BCUT2D eigenvalue weighted by Crippen LogP contribution is -2.39. The van der Waals surface area contributed by atoms with Crippen LogP contribution in [0.3, 0.4) is 0 Å². The highest BCUT2D eigenvalue weighted by Gasteiger charge is 2.32. The quantitative estimate of drug-likeness (QED) is 0.907. The maximum absolute atomic E-state index is 12.2. The number of hydrogen-bond acceptors (Lipinski definition) is 3. The van der Waals surface area contributed by atoms with Crippen LogP contribution in [0.1, 0.15) is 18.4 Å². The molecular weight excluding hydrogens is 337 g/mol. The van der Waals surface area contributed by atoms with E-state index in [0.717, 1.165) is 31.5 Å². The molecule has 1 aliphatic heterocycles. The second-order valence-corrected chi connectivity index (χ2v) is 5.78. The summed E-state index contributed by atoms with van der Waals surface area (Å²) >= 11 is 3.11. The zero-order chi connectivity index (χ0) is 14.8. The maximum atomic E-state index is 12.2. The molecule has 1 aliphatic rings. The van der Waals surface area contributed by atoms with Gasteiger partial charge in [-0.1, -0.05) is 6.07 Å². The van der Waals surface area contributed by atoms with Gasteiger partial charge in [0.25, 0.3) is 0 Å². The highest BCUT2D eigenvalue weighted by Crippen LogP contribution is 2.31. The van der Waals surface area contributed by atoms with Crippen LogP contribution in [0, 0.1) is 0 Å². The van der Waals surface area contributed by atoms with Gasteiger partial charge in [-0.05, 0) is 59.6 Å². The topological polar surface area (TPSA) is 38.5 Å². The van der Waals surface area contributed by atoms with E-state index in [9.17, 15) is 13.2 Å². The molecule has 0 spiro atoms. The number of likely N-dealkylation sites (tertiary alicyclic amines) is 1. The highest BCUT2D eigenvalue weighted by atomic mass is 79.9. The SMILES string of the molecule is NC1CCN(Cc2ccc(OC(F)(F)F)c(Br)c2)CC1. The number of hydrogen-bond donors (Lipinski definition) is 1. The number of ether oxygens (including phenoxy) is 1. The van der Waals surface area contributed by atoms with Gasteiger partial charge in [0.05, 0.1) is 4.47 Å². The summed E-state index contributed by atoms with van der Waals surface area (Å²) in [6.07, 6.45) is -2.76. The minimum atomic E-state index is -4.67. The smallest absolute Gasteiger partial charge is 0.405 e. The molecule has 1 aromatic carbocycles. The van der Waals surface area contributed by atoms with Crippen molar-refractivity contribution in [3.8, 4) is 5.75 Å². The number of nitrogens with two attached hydrogens (primary N) is 1. The van der Waals surface area contributed by atoms with Gasteiger partial charge in [-0.15, -0.1) is 13.2 Å². The van der Waals surface area contributed by atoms with E-state index < -0.39 is 6.36 Å². The largest absolute Gasteiger partial charge is 0.573 e. The molecule has 2 N–H and O–H groups in total. The predicted octanol–water partition coefficient (Wildman–Crippen LogP) is 3.27. The Morgan fingerprint density at radius 2 is 1.95 bits per heavy atom. The monoisotopic (exact) mass is 352 g/mol. The summed E-state index contributed by atoms with van der Waals surface area (Å²) in [4.78, 5) is 2.25. The highest BCUT2D eigenvalue weighted by molar-refractivity contribution is 9.10. The molecule has 0 atom stereocenters. The van der Waals surface area contributed by atoms with Gasteiger partial charge in [0.15, 0.2) is 0 Å². The Hall–Kier alpha value is -0.790. The lowest BCUT2D eigenvalue weighted by atomic mass is 10.1. The van der Waals surface area contributed by atoms with Crippen LogP contribution in [0.2, 0.25) is 0 Å². The third-order valence-electron chi connectivity index (χ3n) is 3.26. The molecule has 0 amide bonds. The molecule has 0 aliphatic carbocycles. The van der Waals surface area contributed by atoms with E-state index in [0.29, 0.717) is 11.0 Å². The van der Waals surface area contributed by atoms with E-state index >= 15 is 0 Å². The van der Waals surface area contributed by atoms with Gasteiger partial charge in [-0.3, -0.25) is 4.90 Å². The molecule has 7 heteroatoms. The van der Waals surface area contributed by atoms with Crippen molar-refractivity contribution >= 4 is 15.9 Å². The molecule has 0 saturated carbocycles. The lowest BCUT2D eigenvalue weighted by molar-refractivity contribution is -0.274. The molecule has 2 rings (SSSR count). The van der Waals surface area contributed by atoms with Crippen LogP contribution in [0.5, 0.6) is 5.75 Å². The summed E-state index contributed by atoms with van der Waals surface area (Å²) < 4.78 is 40.7. The Morgan fingerprint density at radius 1 is 1.30 bits per heavy atom. The van der Waals surface area contributed by atoms with Gasteiger partial charge in [0.2, 0.25) is 0 Å². The van der Waals surface area contributed by atoms with Crippen LogP contribution in [-0.2, 0) is 6.54 Å². The Kier molecular flexibility index (Phi) is 4.93. The Balaban J connectivity index is 1.98. The standard InChI is InChI=1S/C13H16BrF3N2O/c14-11-7-9(1-2-12(11)20-13(15,16)17)8-19-5-3-10(18)4-6-19/h1-2,7,10H,3-6,8,18H2. The van der Waals surface area contributed by atoms with E-state index in [-0.39, 0.29) is 11.8 Å². The van der Waals surface area contributed by atoms with Crippen molar-refractivity contribution in [1.29, 1.82) is 0 Å². The maximum Gasteiger partial charge on any atom is 0.573 e. The third-order valence-corrected chi connectivity index (χ3v) is 3.88. The predicted molar refractivity (Wildman–Crippen MR) is 73.3 cm³/mol. The average molecular weight is 353 g/mol. The van der Waals surface area contributed by atoms with E-state index in [2.05, 4.69) is 25.6 Å². The van der Waals surface area contributed by atoms with Crippen molar-refractivity contribution in [2.24, 2.45) is 5.73 Å². The summed E-state index contributed by atoms with van der Waals surface area (Å²) in [5, 5.41) is 0. The van der Waals surface area contributed by atoms with Crippen LogP contribution in [0.15, 0.2) is 22.7 Å². The minimum absolute atomic E-state index is 0.220. The van der Waals surface area contributed by atoms with E-state index in [4.69, 9.17) is 5.73 Å². The van der Waals surface area contributed by atoms with Crippen LogP contribution in [-0.4, -0.2) is 30.4 Å². The number of halogens is 4. The van der Waals surface area contributed by atoms with Gasteiger partial charge in [-0.25, -0.2) is 0 Å². The second-order valence-electron chi connectivity index (χ2n) is 4.93. The van der Waals surface area contributed by atoms with Crippen LogP contribution < -0.4 is 10.5 Å². The fourth-order valence-electron chi connectivity index (χ4n) is 2.22. The zero-order valence-corrected chi connectivity index (χ0v) is 12.4. The summed E-state index contributed by atoms with van der Waals surface area (Å²) in [7, 11) is 0. The molecule has 0 unspecified atom stereocenters.